The van der Waals surface area contributed by atoms with Crippen LogP contribution >= 0.6 is 0 Å². The fourth-order valence-corrected chi connectivity index (χ4v) is 3.41. The average Bonchev–Trinajstić information content (AvgIpc) is 2.74. The van der Waals surface area contributed by atoms with Crippen molar-refractivity contribution in [3.05, 3.63) is 70.8 Å². The van der Waals surface area contributed by atoms with Crippen LogP contribution < -0.4 is 10.6 Å². The second-order valence-corrected chi connectivity index (χ2v) is 7.16. The molecule has 0 saturated carbocycles. The first kappa shape index (κ1) is 20.7. The number of guanidine groups is 1. The fourth-order valence-electron chi connectivity index (χ4n) is 3.41. The van der Waals surface area contributed by atoms with Gasteiger partial charge in [0.05, 0.1) is 11.6 Å². The standard InChI is InChI=1S/C22H25F2N5/c1-26-22(27-14-18-5-2-17(13-25)12-21(18)24)28-20-8-10-29(11-9-20)15-16-3-6-19(23)7-4-16/h2-7,12,20H,8-11,14-15H2,1H3,(H2,26,27,28). The Morgan fingerprint density at radius 3 is 2.52 bits per heavy atom. The maximum Gasteiger partial charge on any atom is 0.191 e. The van der Waals surface area contributed by atoms with E-state index >= 15 is 0 Å². The van der Waals surface area contributed by atoms with E-state index in [1.807, 2.05) is 18.2 Å². The van der Waals surface area contributed by atoms with Gasteiger partial charge in [0, 0.05) is 44.8 Å². The molecule has 1 aliphatic rings. The van der Waals surface area contributed by atoms with Crippen LogP contribution in [0.25, 0.3) is 0 Å². The molecule has 0 aliphatic carbocycles. The largest absolute Gasteiger partial charge is 0.354 e. The van der Waals surface area contributed by atoms with Crippen molar-refractivity contribution in [2.24, 2.45) is 4.99 Å². The molecule has 0 radical (unpaired) electrons. The van der Waals surface area contributed by atoms with E-state index in [2.05, 4.69) is 20.5 Å². The van der Waals surface area contributed by atoms with Crippen LogP contribution in [0.1, 0.15) is 29.5 Å². The smallest absolute Gasteiger partial charge is 0.191 e. The summed E-state index contributed by atoms with van der Waals surface area (Å²) in [6, 6.07) is 13.3. The van der Waals surface area contributed by atoms with E-state index in [0.29, 0.717) is 23.6 Å². The molecule has 1 heterocycles. The number of nitrogens with one attached hydrogen (secondary N) is 2. The van der Waals surface area contributed by atoms with E-state index in [1.54, 1.807) is 19.2 Å². The van der Waals surface area contributed by atoms with Gasteiger partial charge in [-0.1, -0.05) is 18.2 Å². The number of hydrogen-bond donors (Lipinski definition) is 2. The first-order valence-electron chi connectivity index (χ1n) is 9.70. The quantitative estimate of drug-likeness (QED) is 0.601. The molecule has 1 saturated heterocycles. The van der Waals surface area contributed by atoms with E-state index in [0.717, 1.165) is 38.0 Å². The third-order valence-electron chi connectivity index (χ3n) is 5.10. The zero-order valence-electron chi connectivity index (χ0n) is 16.5. The number of aliphatic imine (C=N–C) groups is 1. The lowest BCUT2D eigenvalue weighted by molar-refractivity contribution is 0.198. The molecular formula is C22H25F2N5. The first-order chi connectivity index (χ1) is 14.1. The Balaban J connectivity index is 1.45. The molecule has 0 bridgehead atoms. The number of benzene rings is 2. The maximum absolute atomic E-state index is 14.0. The monoisotopic (exact) mass is 397 g/mol. The summed E-state index contributed by atoms with van der Waals surface area (Å²) in [5.41, 5.74) is 1.90. The van der Waals surface area contributed by atoms with Gasteiger partial charge in [-0.2, -0.15) is 5.26 Å². The van der Waals surface area contributed by atoms with Crippen LogP contribution in [0.2, 0.25) is 0 Å². The fraction of sp³-hybridized carbons (Fsp3) is 0.364. The Morgan fingerprint density at radius 1 is 1.17 bits per heavy atom. The van der Waals surface area contributed by atoms with Crippen molar-refractivity contribution in [3.8, 4) is 6.07 Å². The number of likely N-dealkylation sites (tertiary alicyclic amines) is 1. The van der Waals surface area contributed by atoms with Crippen molar-refractivity contribution in [1.82, 2.24) is 15.5 Å². The van der Waals surface area contributed by atoms with Gasteiger partial charge in [-0.3, -0.25) is 9.89 Å². The summed E-state index contributed by atoms with van der Waals surface area (Å²) in [6.07, 6.45) is 1.93. The summed E-state index contributed by atoms with van der Waals surface area (Å²) in [4.78, 5) is 6.58. The molecule has 2 aromatic carbocycles. The number of nitriles is 1. The van der Waals surface area contributed by atoms with E-state index in [-0.39, 0.29) is 11.9 Å². The molecule has 5 nitrogen and oxygen atoms in total. The number of hydrogen-bond acceptors (Lipinski definition) is 3. The molecule has 0 atom stereocenters. The molecule has 0 amide bonds. The molecule has 3 rings (SSSR count). The minimum absolute atomic E-state index is 0.212. The van der Waals surface area contributed by atoms with Crippen LogP contribution in [0.5, 0.6) is 0 Å². The highest BCUT2D eigenvalue weighted by Gasteiger charge is 2.20. The second-order valence-electron chi connectivity index (χ2n) is 7.16. The topological polar surface area (TPSA) is 63.5 Å². The first-order valence-corrected chi connectivity index (χ1v) is 9.70. The van der Waals surface area contributed by atoms with Gasteiger partial charge < -0.3 is 10.6 Å². The van der Waals surface area contributed by atoms with Gasteiger partial charge in [-0.15, -0.1) is 0 Å². The van der Waals surface area contributed by atoms with Crippen LogP contribution in [-0.4, -0.2) is 37.0 Å². The van der Waals surface area contributed by atoms with Gasteiger partial charge in [0.1, 0.15) is 11.6 Å². The summed E-state index contributed by atoms with van der Waals surface area (Å²) < 4.78 is 27.0. The minimum atomic E-state index is -0.402. The van der Waals surface area contributed by atoms with E-state index in [4.69, 9.17) is 5.26 Å². The van der Waals surface area contributed by atoms with Crippen molar-refractivity contribution in [2.75, 3.05) is 20.1 Å². The van der Waals surface area contributed by atoms with Gasteiger partial charge in [-0.05, 0) is 42.7 Å². The molecule has 0 spiro atoms. The third kappa shape index (κ3) is 6.00. The molecular weight excluding hydrogens is 372 g/mol. The van der Waals surface area contributed by atoms with Crippen LogP contribution in [0, 0.1) is 23.0 Å². The zero-order valence-corrected chi connectivity index (χ0v) is 16.5. The zero-order chi connectivity index (χ0) is 20.6. The summed E-state index contributed by atoms with van der Waals surface area (Å²) >= 11 is 0. The SMILES string of the molecule is CN=C(NCc1ccc(C#N)cc1F)NC1CCN(Cc2ccc(F)cc2)CC1. The molecule has 0 unspecified atom stereocenters. The van der Waals surface area contributed by atoms with Gasteiger partial charge >= 0.3 is 0 Å². The molecule has 1 aliphatic heterocycles. The molecule has 7 heteroatoms. The second kappa shape index (κ2) is 9.99. The van der Waals surface area contributed by atoms with Crippen molar-refractivity contribution in [1.29, 1.82) is 5.26 Å². The summed E-state index contributed by atoms with van der Waals surface area (Å²) in [5.74, 6) is 0.0169. The maximum atomic E-state index is 14.0. The Hall–Kier alpha value is -2.98. The lowest BCUT2D eigenvalue weighted by atomic mass is 10.0. The number of piperidine rings is 1. The Morgan fingerprint density at radius 2 is 1.90 bits per heavy atom. The highest BCUT2D eigenvalue weighted by atomic mass is 19.1. The molecule has 2 N–H and O–H groups in total. The predicted molar refractivity (Wildman–Crippen MR) is 109 cm³/mol. The molecule has 152 valence electrons. The number of rotatable bonds is 5. The lowest BCUT2D eigenvalue weighted by Gasteiger charge is -2.33. The van der Waals surface area contributed by atoms with E-state index in [9.17, 15) is 8.78 Å². The van der Waals surface area contributed by atoms with Crippen LogP contribution in [0.3, 0.4) is 0 Å². The summed E-state index contributed by atoms with van der Waals surface area (Å²) in [6.45, 7) is 2.99. The van der Waals surface area contributed by atoms with Gasteiger partial charge in [0.25, 0.3) is 0 Å². The van der Waals surface area contributed by atoms with Crippen molar-refractivity contribution in [2.45, 2.75) is 32.0 Å². The third-order valence-corrected chi connectivity index (χ3v) is 5.10. The Kier molecular flexibility index (Phi) is 7.14. The Bertz CT molecular complexity index is 881. The van der Waals surface area contributed by atoms with Crippen molar-refractivity contribution in [3.63, 3.8) is 0 Å². The summed E-state index contributed by atoms with van der Waals surface area (Å²) in [7, 11) is 1.69. The number of nitrogens with zero attached hydrogens (tertiary/aromatic N) is 3. The predicted octanol–water partition coefficient (Wildman–Crippen LogP) is 3.17. The van der Waals surface area contributed by atoms with Crippen molar-refractivity contribution >= 4 is 5.96 Å². The highest BCUT2D eigenvalue weighted by Crippen LogP contribution is 2.15. The number of halogens is 2. The molecule has 0 aromatic heterocycles. The van der Waals surface area contributed by atoms with E-state index in [1.165, 1.54) is 18.2 Å². The normalized spacial score (nSPS) is 15.7. The molecule has 1 fully saturated rings. The van der Waals surface area contributed by atoms with E-state index < -0.39 is 5.82 Å². The minimum Gasteiger partial charge on any atom is -0.354 e. The molecule has 2 aromatic rings. The van der Waals surface area contributed by atoms with Gasteiger partial charge in [0.15, 0.2) is 5.96 Å². The van der Waals surface area contributed by atoms with Crippen LogP contribution in [-0.2, 0) is 13.1 Å². The average molecular weight is 397 g/mol. The van der Waals surface area contributed by atoms with Crippen molar-refractivity contribution < 1.29 is 8.78 Å². The van der Waals surface area contributed by atoms with Crippen LogP contribution in [0.4, 0.5) is 8.78 Å². The van der Waals surface area contributed by atoms with Gasteiger partial charge in [0.2, 0.25) is 0 Å². The van der Waals surface area contributed by atoms with Crippen LogP contribution in [0.15, 0.2) is 47.5 Å². The summed E-state index contributed by atoms with van der Waals surface area (Å²) in [5, 5.41) is 15.4. The highest BCUT2D eigenvalue weighted by molar-refractivity contribution is 5.79. The molecule has 29 heavy (non-hydrogen) atoms. The van der Waals surface area contributed by atoms with Gasteiger partial charge in [-0.25, -0.2) is 8.78 Å². The lowest BCUT2D eigenvalue weighted by Crippen LogP contribution is -2.48. The Labute approximate surface area is 170 Å².